The molecule has 2 N–H and O–H groups in total. The minimum absolute atomic E-state index is 0.118. The van der Waals surface area contributed by atoms with E-state index < -0.39 is 11.8 Å². The summed E-state index contributed by atoms with van der Waals surface area (Å²) in [6, 6.07) is 9.87. The number of nitrogens with zero attached hydrogens (tertiary/aromatic N) is 1. The van der Waals surface area contributed by atoms with Gasteiger partial charge in [0.05, 0.1) is 19.9 Å². The third-order valence-corrected chi connectivity index (χ3v) is 3.95. The average molecular weight is 409 g/mol. The number of benzene rings is 2. The third kappa shape index (κ3) is 5.20. The number of hydrazone groups is 1. The van der Waals surface area contributed by atoms with E-state index in [1.165, 1.54) is 13.3 Å². The fraction of sp³-hybridized carbons (Fsp3) is 0.190. The highest BCUT2D eigenvalue weighted by Crippen LogP contribution is 2.32. The number of terminal acetylenes is 1. The van der Waals surface area contributed by atoms with Crippen LogP contribution in [0.25, 0.3) is 0 Å². The molecular formula is C21H19N3O6. The molecule has 9 nitrogen and oxygen atoms in total. The van der Waals surface area contributed by atoms with Gasteiger partial charge in [0.1, 0.15) is 6.61 Å². The number of amides is 2. The molecule has 0 fully saturated rings. The van der Waals surface area contributed by atoms with Crippen molar-refractivity contribution in [2.45, 2.75) is 0 Å². The lowest BCUT2D eigenvalue weighted by atomic mass is 10.2. The monoisotopic (exact) mass is 409 g/mol. The van der Waals surface area contributed by atoms with Gasteiger partial charge in [0, 0.05) is 5.56 Å². The Hall–Kier alpha value is -4.19. The van der Waals surface area contributed by atoms with Crippen LogP contribution in [0.4, 0.5) is 0 Å². The van der Waals surface area contributed by atoms with Crippen LogP contribution in [0.2, 0.25) is 0 Å². The van der Waals surface area contributed by atoms with E-state index in [1.807, 2.05) is 0 Å². The van der Waals surface area contributed by atoms with Gasteiger partial charge in [-0.2, -0.15) is 5.10 Å². The van der Waals surface area contributed by atoms with E-state index in [-0.39, 0.29) is 19.9 Å². The molecule has 2 aromatic rings. The quantitative estimate of drug-likeness (QED) is 0.387. The molecule has 2 aromatic carbocycles. The second-order valence-electron chi connectivity index (χ2n) is 5.95. The normalized spacial score (nSPS) is 11.6. The van der Waals surface area contributed by atoms with Gasteiger partial charge in [-0.15, -0.1) is 6.42 Å². The SMILES string of the molecule is C#CCOc1ccc(/C=N\NC(=O)CNC(=O)c2ccc3c(c2)OCO3)cc1OC. The topological polar surface area (TPSA) is 107 Å². The van der Waals surface area contributed by atoms with Crippen LogP contribution in [0, 0.1) is 12.3 Å². The zero-order valence-corrected chi connectivity index (χ0v) is 16.1. The van der Waals surface area contributed by atoms with Crippen molar-refractivity contribution in [3.63, 3.8) is 0 Å². The van der Waals surface area contributed by atoms with Crippen LogP contribution in [0.5, 0.6) is 23.0 Å². The molecule has 0 atom stereocenters. The molecule has 0 aromatic heterocycles. The van der Waals surface area contributed by atoms with Gasteiger partial charge in [-0.1, -0.05) is 5.92 Å². The van der Waals surface area contributed by atoms with E-state index in [1.54, 1.807) is 36.4 Å². The minimum atomic E-state index is -0.485. The van der Waals surface area contributed by atoms with Crippen LogP contribution in [-0.4, -0.2) is 45.1 Å². The Bertz CT molecular complexity index is 1010. The van der Waals surface area contributed by atoms with E-state index >= 15 is 0 Å². The first kappa shape index (κ1) is 20.5. The second-order valence-corrected chi connectivity index (χ2v) is 5.95. The van der Waals surface area contributed by atoms with E-state index in [4.69, 9.17) is 25.4 Å². The fourth-order valence-electron chi connectivity index (χ4n) is 2.52. The molecule has 2 amide bonds. The number of rotatable bonds is 8. The first-order valence-corrected chi connectivity index (χ1v) is 8.84. The number of fused-ring (bicyclic) bond motifs is 1. The zero-order valence-electron chi connectivity index (χ0n) is 16.1. The highest BCUT2D eigenvalue weighted by atomic mass is 16.7. The predicted octanol–water partition coefficient (Wildman–Crippen LogP) is 1.32. The third-order valence-electron chi connectivity index (χ3n) is 3.95. The van der Waals surface area contributed by atoms with Gasteiger partial charge in [0.25, 0.3) is 11.8 Å². The van der Waals surface area contributed by atoms with Gasteiger partial charge in [0.15, 0.2) is 23.0 Å². The predicted molar refractivity (Wildman–Crippen MR) is 108 cm³/mol. The molecule has 0 saturated heterocycles. The van der Waals surface area contributed by atoms with Crippen molar-refractivity contribution in [2.75, 3.05) is 27.1 Å². The molecule has 1 heterocycles. The Morgan fingerprint density at radius 3 is 2.83 bits per heavy atom. The summed E-state index contributed by atoms with van der Waals surface area (Å²) in [6.07, 6.45) is 6.61. The molecule has 0 unspecified atom stereocenters. The smallest absolute Gasteiger partial charge is 0.259 e. The molecule has 0 radical (unpaired) electrons. The molecule has 30 heavy (non-hydrogen) atoms. The molecule has 0 bridgehead atoms. The molecule has 1 aliphatic rings. The van der Waals surface area contributed by atoms with Gasteiger partial charge in [-0.3, -0.25) is 9.59 Å². The van der Waals surface area contributed by atoms with Gasteiger partial charge >= 0.3 is 0 Å². The maximum Gasteiger partial charge on any atom is 0.259 e. The number of carbonyl (C=O) groups excluding carboxylic acids is 2. The van der Waals surface area contributed by atoms with Crippen LogP contribution < -0.4 is 29.7 Å². The number of hydrogen-bond donors (Lipinski definition) is 2. The van der Waals surface area contributed by atoms with E-state index in [0.29, 0.717) is 34.1 Å². The van der Waals surface area contributed by atoms with Crippen molar-refractivity contribution in [3.05, 3.63) is 47.5 Å². The molecular weight excluding hydrogens is 390 g/mol. The molecule has 3 rings (SSSR count). The summed E-state index contributed by atoms with van der Waals surface area (Å²) < 4.78 is 21.0. The number of nitrogens with one attached hydrogen (secondary N) is 2. The Labute approximate surface area is 173 Å². The molecule has 154 valence electrons. The summed E-state index contributed by atoms with van der Waals surface area (Å²) in [5, 5.41) is 6.38. The molecule has 0 spiro atoms. The van der Waals surface area contributed by atoms with Crippen LogP contribution in [-0.2, 0) is 4.79 Å². The summed E-state index contributed by atoms with van der Waals surface area (Å²) in [7, 11) is 1.50. The lowest BCUT2D eigenvalue weighted by Crippen LogP contribution is -2.34. The number of methoxy groups -OCH3 is 1. The number of ether oxygens (including phenoxy) is 4. The number of hydrogen-bond acceptors (Lipinski definition) is 7. The van der Waals surface area contributed by atoms with Gasteiger partial charge in [-0.25, -0.2) is 5.43 Å². The first-order chi connectivity index (χ1) is 14.6. The maximum atomic E-state index is 12.2. The van der Waals surface area contributed by atoms with E-state index in [2.05, 4.69) is 21.8 Å². The summed E-state index contributed by atoms with van der Waals surface area (Å²) in [5.74, 6) is 3.52. The number of carbonyl (C=O) groups is 2. The lowest BCUT2D eigenvalue weighted by Gasteiger charge is -2.09. The Morgan fingerprint density at radius 1 is 1.20 bits per heavy atom. The summed E-state index contributed by atoms with van der Waals surface area (Å²) in [4.78, 5) is 24.1. The highest BCUT2D eigenvalue weighted by molar-refractivity contribution is 5.97. The van der Waals surface area contributed by atoms with Crippen molar-refractivity contribution >= 4 is 18.0 Å². The summed E-state index contributed by atoms with van der Waals surface area (Å²) >= 11 is 0. The second kappa shape index (κ2) is 9.84. The molecule has 0 saturated carbocycles. The molecule has 1 aliphatic heterocycles. The Kier molecular flexibility index (Phi) is 6.74. The first-order valence-electron chi connectivity index (χ1n) is 8.84. The summed E-state index contributed by atoms with van der Waals surface area (Å²) in [6.45, 7) is -0.00200. The van der Waals surface area contributed by atoms with E-state index in [0.717, 1.165) is 0 Å². The minimum Gasteiger partial charge on any atom is -0.493 e. The van der Waals surface area contributed by atoms with Crippen LogP contribution in [0.15, 0.2) is 41.5 Å². The molecule has 0 aliphatic carbocycles. The van der Waals surface area contributed by atoms with Crippen molar-refractivity contribution < 1.29 is 28.5 Å². The average Bonchev–Trinajstić information content (AvgIpc) is 3.24. The van der Waals surface area contributed by atoms with Crippen LogP contribution in [0.3, 0.4) is 0 Å². The van der Waals surface area contributed by atoms with Crippen molar-refractivity contribution in [2.24, 2.45) is 5.10 Å². The summed E-state index contributed by atoms with van der Waals surface area (Å²) in [5.41, 5.74) is 3.37. The standard InChI is InChI=1S/C21H19N3O6/c1-3-8-28-16-6-4-14(9-18(16)27-2)11-23-24-20(25)12-22-21(26)15-5-7-17-19(10-15)30-13-29-17/h1,4-7,9-11H,8,12-13H2,2H3,(H,22,26)(H,24,25)/b23-11-. The van der Waals surface area contributed by atoms with Crippen molar-refractivity contribution in [3.8, 4) is 35.3 Å². The zero-order chi connectivity index (χ0) is 21.3. The maximum absolute atomic E-state index is 12.2. The lowest BCUT2D eigenvalue weighted by molar-refractivity contribution is -0.120. The Morgan fingerprint density at radius 2 is 2.03 bits per heavy atom. The van der Waals surface area contributed by atoms with Gasteiger partial charge < -0.3 is 24.3 Å². The van der Waals surface area contributed by atoms with E-state index in [9.17, 15) is 9.59 Å². The van der Waals surface area contributed by atoms with Crippen molar-refractivity contribution in [1.82, 2.24) is 10.7 Å². The molecule has 9 heteroatoms. The Balaban J connectivity index is 1.49. The van der Waals surface area contributed by atoms with Crippen LogP contribution in [0.1, 0.15) is 15.9 Å². The van der Waals surface area contributed by atoms with Gasteiger partial charge in [-0.05, 0) is 42.0 Å². The van der Waals surface area contributed by atoms with Crippen molar-refractivity contribution in [1.29, 1.82) is 0 Å². The van der Waals surface area contributed by atoms with Gasteiger partial charge in [0.2, 0.25) is 6.79 Å². The highest BCUT2D eigenvalue weighted by Gasteiger charge is 2.16. The largest absolute Gasteiger partial charge is 0.493 e. The van der Waals surface area contributed by atoms with Crippen LogP contribution >= 0.6 is 0 Å². The fourth-order valence-corrected chi connectivity index (χ4v) is 2.52.